The molecule has 1 fully saturated rings. The van der Waals surface area contributed by atoms with Gasteiger partial charge in [0.25, 0.3) is 5.91 Å². The largest absolute Gasteiger partial charge is 0.396 e. The summed E-state index contributed by atoms with van der Waals surface area (Å²) < 4.78 is 1.78. The van der Waals surface area contributed by atoms with Gasteiger partial charge < -0.3 is 10.4 Å². The maximum atomic E-state index is 12.4. The molecule has 1 aliphatic rings. The second-order valence-electron chi connectivity index (χ2n) is 5.38. The minimum absolute atomic E-state index is 0.0653. The van der Waals surface area contributed by atoms with Crippen LogP contribution in [-0.2, 0) is 0 Å². The molecule has 2 unspecified atom stereocenters. The van der Waals surface area contributed by atoms with Gasteiger partial charge in [0, 0.05) is 24.8 Å². The van der Waals surface area contributed by atoms with Crippen LogP contribution in [0.4, 0.5) is 0 Å². The number of carbonyl (C=O) groups excluding carboxylic acids is 1. The normalized spacial score (nSPS) is 22.9. The molecule has 0 bridgehead atoms. The predicted octanol–water partition coefficient (Wildman–Crippen LogP) is 1.62. The monoisotopic (exact) mass is 273 g/mol. The number of aromatic nitrogens is 2. The standard InChI is InChI=1S/C15H19N3O2/c19-10-11-5-1-2-6-12(11)17-15(20)13-9-16-14-7-3-4-8-18(13)14/h3-4,7-9,11-12,19H,1-2,5-6,10H2,(H,17,20). The highest BCUT2D eigenvalue weighted by atomic mass is 16.3. The molecule has 5 nitrogen and oxygen atoms in total. The molecule has 0 aromatic carbocycles. The first-order chi connectivity index (χ1) is 9.79. The average molecular weight is 273 g/mol. The van der Waals surface area contributed by atoms with E-state index in [0.717, 1.165) is 31.3 Å². The molecule has 20 heavy (non-hydrogen) atoms. The molecule has 2 N–H and O–H groups in total. The molecule has 2 heterocycles. The molecular formula is C15H19N3O2. The third-order valence-corrected chi connectivity index (χ3v) is 4.11. The maximum absolute atomic E-state index is 12.4. The van der Waals surface area contributed by atoms with E-state index in [1.54, 1.807) is 10.6 Å². The van der Waals surface area contributed by atoms with Gasteiger partial charge in [0.05, 0.1) is 6.20 Å². The number of nitrogens with zero attached hydrogens (tertiary/aromatic N) is 2. The van der Waals surface area contributed by atoms with Crippen LogP contribution in [0.3, 0.4) is 0 Å². The minimum Gasteiger partial charge on any atom is -0.396 e. The molecule has 106 valence electrons. The number of amides is 1. The zero-order valence-corrected chi connectivity index (χ0v) is 11.3. The summed E-state index contributed by atoms with van der Waals surface area (Å²) in [5, 5.41) is 12.5. The lowest BCUT2D eigenvalue weighted by Gasteiger charge is -2.30. The molecular weight excluding hydrogens is 254 g/mol. The molecule has 1 saturated carbocycles. The Bertz CT molecular complexity index is 608. The highest BCUT2D eigenvalue weighted by Crippen LogP contribution is 2.24. The highest BCUT2D eigenvalue weighted by Gasteiger charge is 2.26. The van der Waals surface area contributed by atoms with Crippen LogP contribution in [0.25, 0.3) is 5.65 Å². The molecule has 0 spiro atoms. The first kappa shape index (κ1) is 13.1. The lowest BCUT2D eigenvalue weighted by molar-refractivity contribution is 0.0867. The van der Waals surface area contributed by atoms with Crippen LogP contribution < -0.4 is 5.32 Å². The summed E-state index contributed by atoms with van der Waals surface area (Å²) in [5.41, 5.74) is 1.31. The molecule has 1 amide bonds. The zero-order valence-electron chi connectivity index (χ0n) is 11.3. The van der Waals surface area contributed by atoms with Gasteiger partial charge in [-0.2, -0.15) is 0 Å². The van der Waals surface area contributed by atoms with Crippen LogP contribution >= 0.6 is 0 Å². The van der Waals surface area contributed by atoms with Gasteiger partial charge in [0.1, 0.15) is 11.3 Å². The van der Waals surface area contributed by atoms with Crippen molar-refractivity contribution < 1.29 is 9.90 Å². The average Bonchev–Trinajstić information content (AvgIpc) is 2.92. The van der Waals surface area contributed by atoms with Crippen molar-refractivity contribution in [3.8, 4) is 0 Å². The molecule has 0 radical (unpaired) electrons. The molecule has 2 atom stereocenters. The summed E-state index contributed by atoms with van der Waals surface area (Å²) >= 11 is 0. The van der Waals surface area contributed by atoms with Gasteiger partial charge in [-0.05, 0) is 25.0 Å². The Labute approximate surface area is 117 Å². The van der Waals surface area contributed by atoms with E-state index in [-0.39, 0.29) is 24.5 Å². The Morgan fingerprint density at radius 1 is 1.40 bits per heavy atom. The smallest absolute Gasteiger partial charge is 0.270 e. The number of imidazole rings is 1. The number of fused-ring (bicyclic) bond motifs is 1. The van der Waals surface area contributed by atoms with Gasteiger partial charge >= 0.3 is 0 Å². The van der Waals surface area contributed by atoms with Gasteiger partial charge in [-0.3, -0.25) is 9.20 Å². The third kappa shape index (κ3) is 2.41. The Hall–Kier alpha value is -1.88. The molecule has 2 aromatic heterocycles. The second-order valence-corrected chi connectivity index (χ2v) is 5.38. The van der Waals surface area contributed by atoms with Crippen molar-refractivity contribution in [2.45, 2.75) is 31.7 Å². The number of aliphatic hydroxyl groups is 1. The number of hydrogen-bond donors (Lipinski definition) is 2. The highest BCUT2D eigenvalue weighted by molar-refractivity contribution is 5.93. The fourth-order valence-corrected chi connectivity index (χ4v) is 2.96. The predicted molar refractivity (Wildman–Crippen MR) is 75.5 cm³/mol. The van der Waals surface area contributed by atoms with Crippen molar-refractivity contribution in [3.63, 3.8) is 0 Å². The van der Waals surface area contributed by atoms with Crippen LogP contribution in [0, 0.1) is 5.92 Å². The van der Waals surface area contributed by atoms with Gasteiger partial charge in [0.2, 0.25) is 0 Å². The fraction of sp³-hybridized carbons (Fsp3) is 0.467. The van der Waals surface area contributed by atoms with Crippen LogP contribution in [0.1, 0.15) is 36.2 Å². The number of aliphatic hydroxyl groups excluding tert-OH is 1. The number of hydrogen-bond acceptors (Lipinski definition) is 3. The minimum atomic E-state index is -0.117. The Morgan fingerprint density at radius 2 is 2.25 bits per heavy atom. The Morgan fingerprint density at radius 3 is 3.10 bits per heavy atom. The van der Waals surface area contributed by atoms with Crippen molar-refractivity contribution in [2.24, 2.45) is 5.92 Å². The molecule has 3 rings (SSSR count). The molecule has 0 saturated heterocycles. The lowest BCUT2D eigenvalue weighted by atomic mass is 9.85. The third-order valence-electron chi connectivity index (χ3n) is 4.11. The number of carbonyl (C=O) groups is 1. The SMILES string of the molecule is O=C(NC1CCCCC1CO)c1cnc2ccccn12. The van der Waals surface area contributed by atoms with E-state index >= 15 is 0 Å². The van der Waals surface area contributed by atoms with Crippen molar-refractivity contribution in [1.29, 1.82) is 0 Å². The fourth-order valence-electron chi connectivity index (χ4n) is 2.96. The molecule has 1 aliphatic carbocycles. The Kier molecular flexibility index (Phi) is 3.69. The topological polar surface area (TPSA) is 66.6 Å². The van der Waals surface area contributed by atoms with E-state index in [2.05, 4.69) is 10.3 Å². The van der Waals surface area contributed by atoms with E-state index in [4.69, 9.17) is 0 Å². The molecule has 2 aromatic rings. The first-order valence-electron chi connectivity index (χ1n) is 7.13. The van der Waals surface area contributed by atoms with Crippen molar-refractivity contribution in [1.82, 2.24) is 14.7 Å². The summed E-state index contributed by atoms with van der Waals surface area (Å²) in [7, 11) is 0. The van der Waals surface area contributed by atoms with E-state index < -0.39 is 0 Å². The molecule has 0 aliphatic heterocycles. The van der Waals surface area contributed by atoms with Gasteiger partial charge in [-0.1, -0.05) is 18.9 Å². The van der Waals surface area contributed by atoms with Crippen LogP contribution in [0.15, 0.2) is 30.6 Å². The van der Waals surface area contributed by atoms with Crippen molar-refractivity contribution in [3.05, 3.63) is 36.3 Å². The summed E-state index contributed by atoms with van der Waals surface area (Å²) in [6.07, 6.45) is 7.59. The Balaban J connectivity index is 1.78. The van der Waals surface area contributed by atoms with Gasteiger partial charge in [0.15, 0.2) is 0 Å². The van der Waals surface area contributed by atoms with Gasteiger partial charge in [-0.15, -0.1) is 0 Å². The van der Waals surface area contributed by atoms with Crippen LogP contribution in [0.5, 0.6) is 0 Å². The summed E-state index contributed by atoms with van der Waals surface area (Å²) in [4.78, 5) is 16.6. The number of nitrogens with one attached hydrogen (secondary N) is 1. The quantitative estimate of drug-likeness (QED) is 0.893. The van der Waals surface area contributed by atoms with Crippen molar-refractivity contribution in [2.75, 3.05) is 6.61 Å². The van der Waals surface area contributed by atoms with E-state index in [1.807, 2.05) is 24.4 Å². The summed E-state index contributed by atoms with van der Waals surface area (Å²) in [5.74, 6) is 0.0564. The summed E-state index contributed by atoms with van der Waals surface area (Å²) in [6, 6.07) is 5.71. The first-order valence-corrected chi connectivity index (χ1v) is 7.13. The molecule has 5 heteroatoms. The zero-order chi connectivity index (χ0) is 13.9. The lowest BCUT2D eigenvalue weighted by Crippen LogP contribution is -2.43. The van der Waals surface area contributed by atoms with E-state index in [0.29, 0.717) is 5.69 Å². The number of pyridine rings is 1. The number of rotatable bonds is 3. The second kappa shape index (κ2) is 5.63. The van der Waals surface area contributed by atoms with E-state index in [9.17, 15) is 9.90 Å². The van der Waals surface area contributed by atoms with Crippen LogP contribution in [-0.4, -0.2) is 33.0 Å². The van der Waals surface area contributed by atoms with Gasteiger partial charge in [-0.25, -0.2) is 4.98 Å². The van der Waals surface area contributed by atoms with E-state index in [1.165, 1.54) is 0 Å². The maximum Gasteiger partial charge on any atom is 0.270 e. The summed E-state index contributed by atoms with van der Waals surface area (Å²) in [6.45, 7) is 0.137. The van der Waals surface area contributed by atoms with Crippen molar-refractivity contribution >= 4 is 11.6 Å². The van der Waals surface area contributed by atoms with Crippen LogP contribution in [0.2, 0.25) is 0 Å².